The van der Waals surface area contributed by atoms with Gasteiger partial charge in [-0.2, -0.15) is 5.26 Å². The fourth-order valence-electron chi connectivity index (χ4n) is 1.94. The van der Waals surface area contributed by atoms with Crippen LogP contribution < -0.4 is 0 Å². The molecule has 0 saturated heterocycles. The highest BCUT2D eigenvalue weighted by atomic mass is 79.9. The Bertz CT molecular complexity index is 420. The zero-order chi connectivity index (χ0) is 11.1. The van der Waals surface area contributed by atoms with E-state index in [2.05, 4.69) is 22.0 Å². The summed E-state index contributed by atoms with van der Waals surface area (Å²) in [6, 6.07) is 6.05. The Morgan fingerprint density at radius 3 is 2.53 bits per heavy atom. The van der Waals surface area contributed by atoms with Crippen LogP contribution in [0.5, 0.6) is 5.75 Å². The largest absolute Gasteiger partial charge is 0.508 e. The molecule has 0 aromatic heterocycles. The first-order valence-corrected chi connectivity index (χ1v) is 5.79. The van der Waals surface area contributed by atoms with Gasteiger partial charge in [-0.25, -0.2) is 0 Å². The molecule has 0 aliphatic heterocycles. The molecule has 1 saturated carbocycles. The lowest BCUT2D eigenvalue weighted by atomic mass is 9.65. The maximum absolute atomic E-state index is 9.72. The standard InChI is InChI=1S/C12H12BrNO/c1-8-10(13)5-9(6-11(8)15)12(7-14)3-2-4-12/h5-6,15H,2-4H2,1H3. The summed E-state index contributed by atoms with van der Waals surface area (Å²) in [7, 11) is 0. The lowest BCUT2D eigenvalue weighted by Crippen LogP contribution is -2.32. The van der Waals surface area contributed by atoms with E-state index in [1.54, 1.807) is 6.07 Å². The lowest BCUT2D eigenvalue weighted by Gasteiger charge is -2.35. The highest BCUT2D eigenvalue weighted by molar-refractivity contribution is 9.10. The summed E-state index contributed by atoms with van der Waals surface area (Å²) in [4.78, 5) is 0. The van der Waals surface area contributed by atoms with E-state index in [0.717, 1.165) is 34.9 Å². The van der Waals surface area contributed by atoms with Crippen LogP contribution in [-0.2, 0) is 5.41 Å². The van der Waals surface area contributed by atoms with E-state index in [1.165, 1.54) is 0 Å². The van der Waals surface area contributed by atoms with Gasteiger partial charge in [0.15, 0.2) is 0 Å². The van der Waals surface area contributed by atoms with Crippen molar-refractivity contribution in [1.29, 1.82) is 5.26 Å². The molecule has 0 amide bonds. The van der Waals surface area contributed by atoms with Crippen LogP contribution >= 0.6 is 15.9 Å². The van der Waals surface area contributed by atoms with Crippen LogP contribution in [0.1, 0.15) is 30.4 Å². The Morgan fingerprint density at radius 2 is 2.13 bits per heavy atom. The molecular weight excluding hydrogens is 254 g/mol. The van der Waals surface area contributed by atoms with Crippen LogP contribution in [0.2, 0.25) is 0 Å². The molecule has 0 atom stereocenters. The minimum atomic E-state index is -0.353. The average Bonchev–Trinajstić information content (AvgIpc) is 2.13. The van der Waals surface area contributed by atoms with Gasteiger partial charge in [-0.15, -0.1) is 0 Å². The number of nitriles is 1. The van der Waals surface area contributed by atoms with Gasteiger partial charge in [0.25, 0.3) is 0 Å². The van der Waals surface area contributed by atoms with Gasteiger partial charge in [0.05, 0.1) is 11.5 Å². The molecule has 1 aliphatic rings. The number of hydrogen-bond acceptors (Lipinski definition) is 2. The van der Waals surface area contributed by atoms with Crippen LogP contribution in [0.25, 0.3) is 0 Å². The van der Waals surface area contributed by atoms with E-state index in [0.29, 0.717) is 0 Å². The zero-order valence-corrected chi connectivity index (χ0v) is 10.1. The lowest BCUT2D eigenvalue weighted by molar-refractivity contribution is 0.322. The van der Waals surface area contributed by atoms with E-state index >= 15 is 0 Å². The van der Waals surface area contributed by atoms with Gasteiger partial charge in [-0.05, 0) is 43.9 Å². The number of aromatic hydroxyl groups is 1. The number of rotatable bonds is 1. The monoisotopic (exact) mass is 265 g/mol. The molecule has 0 bridgehead atoms. The van der Waals surface area contributed by atoms with E-state index < -0.39 is 0 Å². The average molecular weight is 266 g/mol. The van der Waals surface area contributed by atoms with Gasteiger partial charge in [0.1, 0.15) is 5.75 Å². The third kappa shape index (κ3) is 1.53. The summed E-state index contributed by atoms with van der Waals surface area (Å²) in [5.74, 6) is 0.265. The van der Waals surface area contributed by atoms with Crippen LogP contribution in [0.15, 0.2) is 16.6 Å². The number of phenolic OH excluding ortho intramolecular Hbond substituents is 1. The Balaban J connectivity index is 2.51. The van der Waals surface area contributed by atoms with Gasteiger partial charge in [-0.3, -0.25) is 0 Å². The predicted octanol–water partition coefficient (Wildman–Crippen LogP) is 3.41. The van der Waals surface area contributed by atoms with Crippen molar-refractivity contribution in [2.45, 2.75) is 31.6 Å². The van der Waals surface area contributed by atoms with Crippen LogP contribution in [0.4, 0.5) is 0 Å². The van der Waals surface area contributed by atoms with E-state index in [-0.39, 0.29) is 11.2 Å². The maximum Gasteiger partial charge on any atom is 0.119 e. The molecule has 2 rings (SSSR count). The Hall–Kier alpha value is -1.01. The Morgan fingerprint density at radius 1 is 1.47 bits per heavy atom. The molecular formula is C12H12BrNO. The SMILES string of the molecule is Cc1c(O)cc(C2(C#N)CCC2)cc1Br. The van der Waals surface area contributed by atoms with Crippen LogP contribution in [-0.4, -0.2) is 5.11 Å². The molecule has 1 aromatic carbocycles. The molecule has 0 heterocycles. The maximum atomic E-state index is 9.72. The smallest absolute Gasteiger partial charge is 0.119 e. The van der Waals surface area contributed by atoms with Crippen LogP contribution in [0, 0.1) is 18.3 Å². The molecule has 1 fully saturated rings. The number of hydrogen-bond donors (Lipinski definition) is 1. The molecule has 0 unspecified atom stereocenters. The van der Waals surface area contributed by atoms with Crippen molar-refractivity contribution in [1.82, 2.24) is 0 Å². The van der Waals surface area contributed by atoms with E-state index in [4.69, 9.17) is 0 Å². The molecule has 15 heavy (non-hydrogen) atoms. The number of benzene rings is 1. The second-order valence-electron chi connectivity index (χ2n) is 4.15. The minimum Gasteiger partial charge on any atom is -0.508 e. The third-order valence-electron chi connectivity index (χ3n) is 3.29. The van der Waals surface area contributed by atoms with Crippen molar-refractivity contribution in [3.05, 3.63) is 27.7 Å². The van der Waals surface area contributed by atoms with Gasteiger partial charge in [0.2, 0.25) is 0 Å². The molecule has 1 aliphatic carbocycles. The summed E-state index contributed by atoms with van der Waals surface area (Å²) < 4.78 is 0.874. The predicted molar refractivity (Wildman–Crippen MR) is 61.7 cm³/mol. The van der Waals surface area contributed by atoms with Gasteiger partial charge < -0.3 is 5.11 Å². The second-order valence-corrected chi connectivity index (χ2v) is 5.00. The van der Waals surface area contributed by atoms with Crippen molar-refractivity contribution in [2.75, 3.05) is 0 Å². The Labute approximate surface area is 97.7 Å². The quantitative estimate of drug-likeness (QED) is 0.846. The topological polar surface area (TPSA) is 44.0 Å². The first kappa shape index (κ1) is 10.5. The molecule has 1 N–H and O–H groups in total. The minimum absolute atomic E-state index is 0.265. The van der Waals surface area contributed by atoms with Crippen molar-refractivity contribution in [3.63, 3.8) is 0 Å². The van der Waals surface area contributed by atoms with Crippen molar-refractivity contribution < 1.29 is 5.11 Å². The summed E-state index contributed by atoms with van der Waals surface area (Å²) in [6.07, 6.45) is 2.90. The normalized spacial score (nSPS) is 17.9. The summed E-state index contributed by atoms with van der Waals surface area (Å²) in [6.45, 7) is 1.85. The summed E-state index contributed by atoms with van der Waals surface area (Å²) in [5.41, 5.74) is 1.41. The van der Waals surface area contributed by atoms with E-state index in [9.17, 15) is 10.4 Å². The molecule has 3 heteroatoms. The number of phenols is 1. The number of nitrogens with zero attached hydrogens (tertiary/aromatic N) is 1. The fourth-order valence-corrected chi connectivity index (χ4v) is 2.39. The highest BCUT2D eigenvalue weighted by Gasteiger charge is 2.39. The van der Waals surface area contributed by atoms with Gasteiger partial charge in [0, 0.05) is 10.0 Å². The molecule has 0 spiro atoms. The zero-order valence-electron chi connectivity index (χ0n) is 8.55. The molecule has 1 aromatic rings. The van der Waals surface area contributed by atoms with Crippen molar-refractivity contribution in [2.24, 2.45) is 0 Å². The second kappa shape index (κ2) is 3.53. The third-order valence-corrected chi connectivity index (χ3v) is 4.11. The molecule has 0 radical (unpaired) electrons. The number of halogens is 1. The van der Waals surface area contributed by atoms with Crippen molar-refractivity contribution >= 4 is 15.9 Å². The highest BCUT2D eigenvalue weighted by Crippen LogP contribution is 2.45. The Kier molecular flexibility index (Phi) is 2.47. The van der Waals surface area contributed by atoms with E-state index in [1.807, 2.05) is 13.0 Å². The first-order valence-electron chi connectivity index (χ1n) is 5.00. The fraction of sp³-hybridized carbons (Fsp3) is 0.417. The summed E-state index contributed by atoms with van der Waals surface area (Å²) in [5, 5.41) is 18.9. The first-order chi connectivity index (χ1) is 7.09. The van der Waals surface area contributed by atoms with Crippen LogP contribution in [0.3, 0.4) is 0 Å². The molecule has 78 valence electrons. The van der Waals surface area contributed by atoms with Gasteiger partial charge in [-0.1, -0.05) is 15.9 Å². The van der Waals surface area contributed by atoms with Gasteiger partial charge >= 0.3 is 0 Å². The summed E-state index contributed by atoms with van der Waals surface area (Å²) >= 11 is 3.40. The van der Waals surface area contributed by atoms with Crippen molar-refractivity contribution in [3.8, 4) is 11.8 Å². The molecule has 2 nitrogen and oxygen atoms in total.